The Morgan fingerprint density at radius 3 is 2.92 bits per heavy atom. The number of hydrogen-bond donors (Lipinski definition) is 1. The van der Waals surface area contributed by atoms with Crippen molar-refractivity contribution in [3.8, 4) is 0 Å². The minimum Gasteiger partial charge on any atom is -0.377 e. The van der Waals surface area contributed by atoms with Crippen LogP contribution in [0.15, 0.2) is 0 Å². The molecule has 0 aromatic rings. The lowest BCUT2D eigenvalue weighted by Crippen LogP contribution is -2.44. The van der Waals surface area contributed by atoms with Gasteiger partial charge in [0, 0.05) is 19.1 Å². The van der Waals surface area contributed by atoms with Gasteiger partial charge in [0.2, 0.25) is 0 Å². The van der Waals surface area contributed by atoms with Crippen LogP contribution in [0.4, 0.5) is 0 Å². The number of methoxy groups -OCH3 is 1. The molecule has 0 aromatic carbocycles. The van der Waals surface area contributed by atoms with E-state index in [-0.39, 0.29) is 17.8 Å². The molecule has 0 saturated carbocycles. The van der Waals surface area contributed by atoms with Crippen LogP contribution in [0.2, 0.25) is 0 Å². The van der Waals surface area contributed by atoms with Gasteiger partial charge >= 0.3 is 0 Å². The van der Waals surface area contributed by atoms with Crippen LogP contribution in [0.25, 0.3) is 0 Å². The molecule has 1 N–H and O–H groups in total. The summed E-state index contributed by atoms with van der Waals surface area (Å²) in [7, 11) is 1.57. The van der Waals surface area contributed by atoms with Crippen molar-refractivity contribution in [1.82, 2.24) is 5.32 Å². The zero-order valence-electron chi connectivity index (χ0n) is 7.85. The molecule has 70 valence electrons. The Kier molecular flexibility index (Phi) is 3.23. The van der Waals surface area contributed by atoms with Crippen molar-refractivity contribution >= 4 is 5.78 Å². The Labute approximate surface area is 73.5 Å². The minimum absolute atomic E-state index is 0.186. The monoisotopic (exact) mass is 171 g/mol. The van der Waals surface area contributed by atoms with E-state index in [1.54, 1.807) is 7.11 Å². The van der Waals surface area contributed by atoms with Crippen molar-refractivity contribution in [2.45, 2.75) is 19.8 Å². The Morgan fingerprint density at radius 2 is 2.42 bits per heavy atom. The van der Waals surface area contributed by atoms with Gasteiger partial charge in [0.1, 0.15) is 6.61 Å². The van der Waals surface area contributed by atoms with E-state index < -0.39 is 0 Å². The Balaban J connectivity index is 2.50. The highest BCUT2D eigenvalue weighted by molar-refractivity contribution is 5.85. The fourth-order valence-corrected chi connectivity index (χ4v) is 1.60. The van der Waals surface area contributed by atoms with E-state index in [0.29, 0.717) is 0 Å². The van der Waals surface area contributed by atoms with Crippen molar-refractivity contribution in [3.05, 3.63) is 0 Å². The zero-order valence-corrected chi connectivity index (χ0v) is 7.85. The van der Waals surface area contributed by atoms with Crippen LogP contribution in [0.1, 0.15) is 19.8 Å². The smallest absolute Gasteiger partial charge is 0.165 e. The van der Waals surface area contributed by atoms with Gasteiger partial charge in [-0.15, -0.1) is 0 Å². The molecule has 1 fully saturated rings. The van der Waals surface area contributed by atoms with Crippen LogP contribution in [0.3, 0.4) is 0 Å². The van der Waals surface area contributed by atoms with Crippen molar-refractivity contribution in [3.63, 3.8) is 0 Å². The molecule has 0 amide bonds. The standard InChI is InChI=1S/C9H17NO2/c1-9(8(11)6-12-2)4-3-5-10-7-9/h10H,3-7H2,1-2H3. The van der Waals surface area contributed by atoms with Gasteiger partial charge in [-0.1, -0.05) is 6.92 Å². The number of carbonyl (C=O) groups excluding carboxylic acids is 1. The molecule has 0 aromatic heterocycles. The molecule has 3 nitrogen and oxygen atoms in total. The molecule has 1 saturated heterocycles. The molecule has 0 spiro atoms. The fourth-order valence-electron chi connectivity index (χ4n) is 1.60. The molecule has 1 aliphatic heterocycles. The van der Waals surface area contributed by atoms with Gasteiger partial charge in [-0.3, -0.25) is 4.79 Å². The van der Waals surface area contributed by atoms with Gasteiger partial charge in [-0.2, -0.15) is 0 Å². The summed E-state index contributed by atoms with van der Waals surface area (Å²) in [5.74, 6) is 0.220. The molecular weight excluding hydrogens is 154 g/mol. The number of nitrogens with one attached hydrogen (secondary N) is 1. The number of rotatable bonds is 3. The van der Waals surface area contributed by atoms with Crippen LogP contribution >= 0.6 is 0 Å². The quantitative estimate of drug-likeness (QED) is 0.675. The molecule has 1 unspecified atom stereocenters. The lowest BCUT2D eigenvalue weighted by molar-refractivity contribution is -0.132. The highest BCUT2D eigenvalue weighted by Gasteiger charge is 2.33. The van der Waals surface area contributed by atoms with Crippen LogP contribution < -0.4 is 5.32 Å². The molecule has 0 aliphatic carbocycles. The maximum atomic E-state index is 11.6. The van der Waals surface area contributed by atoms with Crippen molar-refractivity contribution in [2.75, 3.05) is 26.8 Å². The van der Waals surface area contributed by atoms with Crippen LogP contribution in [-0.4, -0.2) is 32.6 Å². The Morgan fingerprint density at radius 1 is 1.67 bits per heavy atom. The summed E-state index contributed by atoms with van der Waals surface area (Å²) in [5.41, 5.74) is -0.186. The second-order valence-corrected chi connectivity index (χ2v) is 3.70. The average molecular weight is 171 g/mol. The van der Waals surface area contributed by atoms with E-state index in [4.69, 9.17) is 4.74 Å². The molecule has 1 heterocycles. The third kappa shape index (κ3) is 2.05. The molecule has 0 radical (unpaired) electrons. The normalized spacial score (nSPS) is 30.2. The predicted molar refractivity (Wildman–Crippen MR) is 47.1 cm³/mol. The molecule has 1 aliphatic rings. The SMILES string of the molecule is COCC(=O)C1(C)CCCNC1. The predicted octanol–water partition coefficient (Wildman–Crippen LogP) is 0.592. The summed E-state index contributed by atoms with van der Waals surface area (Å²) in [6, 6.07) is 0. The fraction of sp³-hybridized carbons (Fsp3) is 0.889. The maximum Gasteiger partial charge on any atom is 0.165 e. The summed E-state index contributed by atoms with van der Waals surface area (Å²) in [4.78, 5) is 11.6. The van der Waals surface area contributed by atoms with E-state index in [1.165, 1.54) is 0 Å². The van der Waals surface area contributed by atoms with Crippen molar-refractivity contribution < 1.29 is 9.53 Å². The molecule has 0 bridgehead atoms. The molecular formula is C9H17NO2. The first-order valence-corrected chi connectivity index (χ1v) is 4.42. The number of hydrogen-bond acceptors (Lipinski definition) is 3. The topological polar surface area (TPSA) is 38.3 Å². The number of piperidine rings is 1. The summed E-state index contributed by atoms with van der Waals surface area (Å²) >= 11 is 0. The summed E-state index contributed by atoms with van der Waals surface area (Å²) < 4.78 is 4.84. The second kappa shape index (κ2) is 4.01. The lowest BCUT2D eigenvalue weighted by Gasteiger charge is -2.32. The number of ketones is 1. The first-order valence-electron chi connectivity index (χ1n) is 4.42. The van der Waals surface area contributed by atoms with Gasteiger partial charge in [0.05, 0.1) is 0 Å². The Hall–Kier alpha value is -0.410. The third-order valence-electron chi connectivity index (χ3n) is 2.55. The zero-order chi connectivity index (χ0) is 9.03. The molecule has 1 rings (SSSR count). The van der Waals surface area contributed by atoms with E-state index >= 15 is 0 Å². The van der Waals surface area contributed by atoms with E-state index in [9.17, 15) is 4.79 Å². The Bertz CT molecular complexity index is 162. The average Bonchev–Trinajstić information content (AvgIpc) is 2.06. The number of carbonyl (C=O) groups is 1. The minimum atomic E-state index is -0.186. The molecule has 3 heteroatoms. The van der Waals surface area contributed by atoms with Gasteiger partial charge in [0.15, 0.2) is 5.78 Å². The first-order chi connectivity index (χ1) is 5.69. The van der Waals surface area contributed by atoms with E-state index in [0.717, 1.165) is 25.9 Å². The second-order valence-electron chi connectivity index (χ2n) is 3.70. The first kappa shape index (κ1) is 9.68. The molecule has 1 atom stereocenters. The lowest BCUT2D eigenvalue weighted by atomic mass is 9.79. The van der Waals surface area contributed by atoms with E-state index in [2.05, 4.69) is 5.32 Å². The van der Waals surface area contributed by atoms with Crippen molar-refractivity contribution in [1.29, 1.82) is 0 Å². The highest BCUT2D eigenvalue weighted by Crippen LogP contribution is 2.26. The van der Waals surface area contributed by atoms with Gasteiger partial charge in [-0.05, 0) is 19.4 Å². The van der Waals surface area contributed by atoms with E-state index in [1.807, 2.05) is 6.92 Å². The number of ether oxygens (including phenoxy) is 1. The highest BCUT2D eigenvalue weighted by atomic mass is 16.5. The largest absolute Gasteiger partial charge is 0.377 e. The van der Waals surface area contributed by atoms with Crippen LogP contribution in [-0.2, 0) is 9.53 Å². The summed E-state index contributed by atoms with van der Waals surface area (Å²) in [6.07, 6.45) is 2.08. The van der Waals surface area contributed by atoms with Gasteiger partial charge in [0.25, 0.3) is 0 Å². The summed E-state index contributed by atoms with van der Waals surface area (Å²) in [5, 5.41) is 3.24. The van der Waals surface area contributed by atoms with Gasteiger partial charge in [-0.25, -0.2) is 0 Å². The van der Waals surface area contributed by atoms with Crippen molar-refractivity contribution in [2.24, 2.45) is 5.41 Å². The maximum absolute atomic E-state index is 11.6. The third-order valence-corrected chi connectivity index (χ3v) is 2.55. The van der Waals surface area contributed by atoms with Crippen LogP contribution in [0, 0.1) is 5.41 Å². The van der Waals surface area contributed by atoms with Gasteiger partial charge < -0.3 is 10.1 Å². The molecule has 12 heavy (non-hydrogen) atoms. The van der Waals surface area contributed by atoms with Crippen LogP contribution in [0.5, 0.6) is 0 Å². The number of Topliss-reactive ketones (excluding diaryl/α,β-unsaturated/α-hetero) is 1. The summed E-state index contributed by atoms with van der Waals surface area (Å²) in [6.45, 7) is 4.10.